The molecule has 0 aromatic heterocycles. The van der Waals surface area contributed by atoms with Gasteiger partial charge in [-0.3, -0.25) is 0 Å². The highest BCUT2D eigenvalue weighted by molar-refractivity contribution is 7.89. The molecule has 1 aliphatic heterocycles. The van der Waals surface area contributed by atoms with E-state index < -0.39 is 10.0 Å². The summed E-state index contributed by atoms with van der Waals surface area (Å²) >= 11 is 0. The molecule has 1 N–H and O–H groups in total. The van der Waals surface area contributed by atoms with Crippen LogP contribution < -0.4 is 5.32 Å². The number of benzene rings is 1. The van der Waals surface area contributed by atoms with Gasteiger partial charge in [0.2, 0.25) is 10.0 Å². The fourth-order valence-corrected chi connectivity index (χ4v) is 4.59. The van der Waals surface area contributed by atoms with Gasteiger partial charge in [0, 0.05) is 19.1 Å². The van der Waals surface area contributed by atoms with E-state index in [0.29, 0.717) is 23.9 Å². The van der Waals surface area contributed by atoms with Crippen molar-refractivity contribution in [3.05, 3.63) is 29.8 Å². The number of hydrogen-bond acceptors (Lipinski definition) is 3. The maximum absolute atomic E-state index is 12.8. The van der Waals surface area contributed by atoms with Gasteiger partial charge in [-0.15, -0.1) is 0 Å². The maximum Gasteiger partial charge on any atom is 0.243 e. The second-order valence-corrected chi connectivity index (χ2v) is 7.67. The first kappa shape index (κ1) is 15.5. The summed E-state index contributed by atoms with van der Waals surface area (Å²) in [6.45, 7) is 5.42. The van der Waals surface area contributed by atoms with Crippen LogP contribution in [-0.4, -0.2) is 32.4 Å². The molecule has 0 spiro atoms. The molecule has 5 heteroatoms. The van der Waals surface area contributed by atoms with Gasteiger partial charge in [-0.1, -0.05) is 19.1 Å². The lowest BCUT2D eigenvalue weighted by atomic mass is 9.97. The number of nitrogens with one attached hydrogen (secondary N) is 1. The average molecular weight is 296 g/mol. The topological polar surface area (TPSA) is 49.4 Å². The quantitative estimate of drug-likeness (QED) is 0.927. The summed E-state index contributed by atoms with van der Waals surface area (Å²) < 4.78 is 27.3. The lowest BCUT2D eigenvalue weighted by Crippen LogP contribution is -2.44. The predicted molar refractivity (Wildman–Crippen MR) is 81.0 cm³/mol. The summed E-state index contributed by atoms with van der Waals surface area (Å²) in [5.74, 6) is 0.432. The summed E-state index contributed by atoms with van der Waals surface area (Å²) in [4.78, 5) is 0.409. The van der Waals surface area contributed by atoms with Crippen LogP contribution in [0.5, 0.6) is 0 Å². The molecule has 0 radical (unpaired) electrons. The van der Waals surface area contributed by atoms with Crippen LogP contribution in [0.1, 0.15) is 32.3 Å². The Morgan fingerprint density at radius 2 is 2.05 bits per heavy atom. The molecule has 2 rings (SSSR count). The van der Waals surface area contributed by atoms with Gasteiger partial charge in [0.05, 0.1) is 4.90 Å². The Morgan fingerprint density at radius 1 is 1.30 bits per heavy atom. The molecule has 20 heavy (non-hydrogen) atoms. The highest BCUT2D eigenvalue weighted by atomic mass is 32.2. The molecule has 1 fully saturated rings. The van der Waals surface area contributed by atoms with Crippen molar-refractivity contribution in [1.29, 1.82) is 0 Å². The molecule has 0 amide bonds. The minimum atomic E-state index is -3.38. The molecule has 1 saturated heterocycles. The highest BCUT2D eigenvalue weighted by Crippen LogP contribution is 2.28. The van der Waals surface area contributed by atoms with Gasteiger partial charge in [-0.25, -0.2) is 8.42 Å². The Morgan fingerprint density at radius 3 is 2.75 bits per heavy atom. The average Bonchev–Trinajstić information content (AvgIpc) is 2.42. The SMILES string of the molecule is CNCc1cccc(S(=O)(=O)N2CC(C)CCC2C)c1. The van der Waals surface area contributed by atoms with Gasteiger partial charge in [0.1, 0.15) is 0 Å². The lowest BCUT2D eigenvalue weighted by molar-refractivity contribution is 0.218. The van der Waals surface area contributed by atoms with Crippen molar-refractivity contribution in [3.8, 4) is 0 Å². The van der Waals surface area contributed by atoms with Crippen LogP contribution in [0.25, 0.3) is 0 Å². The molecular formula is C15H24N2O2S. The van der Waals surface area contributed by atoms with Gasteiger partial charge in [-0.2, -0.15) is 4.31 Å². The van der Waals surface area contributed by atoms with Crippen LogP contribution in [-0.2, 0) is 16.6 Å². The van der Waals surface area contributed by atoms with E-state index in [9.17, 15) is 8.42 Å². The molecule has 1 aromatic carbocycles. The maximum atomic E-state index is 12.8. The van der Waals surface area contributed by atoms with Crippen molar-refractivity contribution >= 4 is 10.0 Å². The fourth-order valence-electron chi connectivity index (χ4n) is 2.74. The van der Waals surface area contributed by atoms with Gasteiger partial charge < -0.3 is 5.32 Å². The standard InChI is InChI=1S/C15H24N2O2S/c1-12-7-8-13(2)17(11-12)20(18,19)15-6-4-5-14(9-15)10-16-3/h4-6,9,12-13,16H,7-8,10-11H2,1-3H3. The minimum Gasteiger partial charge on any atom is -0.316 e. The third kappa shape index (κ3) is 3.22. The van der Waals surface area contributed by atoms with Crippen LogP contribution in [0.15, 0.2) is 29.2 Å². The van der Waals surface area contributed by atoms with Crippen LogP contribution in [0.2, 0.25) is 0 Å². The van der Waals surface area contributed by atoms with E-state index in [1.54, 1.807) is 16.4 Å². The largest absolute Gasteiger partial charge is 0.316 e. The monoisotopic (exact) mass is 296 g/mol. The summed E-state index contributed by atoms with van der Waals surface area (Å²) in [5.41, 5.74) is 0.992. The smallest absolute Gasteiger partial charge is 0.243 e. The fraction of sp³-hybridized carbons (Fsp3) is 0.600. The second-order valence-electron chi connectivity index (χ2n) is 5.78. The lowest BCUT2D eigenvalue weighted by Gasteiger charge is -2.35. The van der Waals surface area contributed by atoms with Gasteiger partial charge in [0.25, 0.3) is 0 Å². The van der Waals surface area contributed by atoms with Crippen molar-refractivity contribution in [2.24, 2.45) is 5.92 Å². The van der Waals surface area contributed by atoms with Crippen molar-refractivity contribution in [2.75, 3.05) is 13.6 Å². The number of sulfonamides is 1. The summed E-state index contributed by atoms with van der Waals surface area (Å²) in [6, 6.07) is 7.32. The highest BCUT2D eigenvalue weighted by Gasteiger charge is 2.33. The van der Waals surface area contributed by atoms with Gasteiger partial charge in [-0.05, 0) is 50.4 Å². The number of piperidine rings is 1. The minimum absolute atomic E-state index is 0.0872. The van der Waals surface area contributed by atoms with E-state index in [0.717, 1.165) is 18.4 Å². The molecule has 4 nitrogen and oxygen atoms in total. The predicted octanol–water partition coefficient (Wildman–Crippen LogP) is 2.22. The molecular weight excluding hydrogens is 272 g/mol. The number of rotatable bonds is 4. The molecule has 2 atom stereocenters. The third-order valence-electron chi connectivity index (χ3n) is 3.95. The van der Waals surface area contributed by atoms with Crippen LogP contribution in [0.3, 0.4) is 0 Å². The molecule has 2 unspecified atom stereocenters. The molecule has 0 bridgehead atoms. The third-order valence-corrected chi connectivity index (χ3v) is 5.92. The van der Waals surface area contributed by atoms with E-state index in [2.05, 4.69) is 12.2 Å². The Bertz CT molecular complexity index is 557. The number of nitrogens with zero attached hydrogens (tertiary/aromatic N) is 1. The Kier molecular flexibility index (Phi) is 4.83. The first-order valence-electron chi connectivity index (χ1n) is 7.20. The first-order chi connectivity index (χ1) is 9.45. The zero-order chi connectivity index (χ0) is 14.8. The van der Waals surface area contributed by atoms with Crippen LogP contribution >= 0.6 is 0 Å². The number of hydrogen-bond donors (Lipinski definition) is 1. The molecule has 0 saturated carbocycles. The Balaban J connectivity index is 2.31. The van der Waals surface area contributed by atoms with Crippen molar-refractivity contribution in [3.63, 3.8) is 0 Å². The van der Waals surface area contributed by atoms with Crippen LogP contribution in [0, 0.1) is 5.92 Å². The van der Waals surface area contributed by atoms with Crippen LogP contribution in [0.4, 0.5) is 0 Å². The van der Waals surface area contributed by atoms with Gasteiger partial charge >= 0.3 is 0 Å². The summed E-state index contributed by atoms with van der Waals surface area (Å²) in [6.07, 6.45) is 2.05. The summed E-state index contributed by atoms with van der Waals surface area (Å²) in [5, 5.41) is 3.05. The normalized spacial score (nSPS) is 24.8. The van der Waals surface area contributed by atoms with E-state index in [1.807, 2.05) is 26.1 Å². The van der Waals surface area contributed by atoms with E-state index in [1.165, 1.54) is 0 Å². The first-order valence-corrected chi connectivity index (χ1v) is 8.64. The zero-order valence-electron chi connectivity index (χ0n) is 12.5. The molecule has 1 aromatic rings. The van der Waals surface area contributed by atoms with E-state index in [-0.39, 0.29) is 6.04 Å². The van der Waals surface area contributed by atoms with E-state index >= 15 is 0 Å². The molecule has 1 heterocycles. The molecule has 0 aliphatic carbocycles. The Labute approximate surface area is 122 Å². The van der Waals surface area contributed by atoms with Crippen molar-refractivity contribution in [1.82, 2.24) is 9.62 Å². The van der Waals surface area contributed by atoms with E-state index in [4.69, 9.17) is 0 Å². The van der Waals surface area contributed by atoms with Crippen molar-refractivity contribution < 1.29 is 8.42 Å². The molecule has 112 valence electrons. The zero-order valence-corrected chi connectivity index (χ0v) is 13.3. The molecule has 1 aliphatic rings. The van der Waals surface area contributed by atoms with Gasteiger partial charge in [0.15, 0.2) is 0 Å². The Hall–Kier alpha value is -0.910. The van der Waals surface area contributed by atoms with Crippen molar-refractivity contribution in [2.45, 2.75) is 44.2 Å². The summed E-state index contributed by atoms with van der Waals surface area (Å²) in [7, 11) is -1.52. The second kappa shape index (κ2) is 6.24.